The van der Waals surface area contributed by atoms with Crippen molar-refractivity contribution < 1.29 is 13.6 Å². The van der Waals surface area contributed by atoms with Gasteiger partial charge in [0.2, 0.25) is 0 Å². The topological polar surface area (TPSA) is 62.2 Å². The molecule has 3 heterocycles. The first-order valence-corrected chi connectivity index (χ1v) is 9.27. The van der Waals surface area contributed by atoms with Gasteiger partial charge in [0.15, 0.2) is 5.82 Å². The molecule has 1 saturated heterocycles. The molecule has 0 radical (unpaired) electrons. The number of rotatable bonds is 3. The van der Waals surface area contributed by atoms with Crippen molar-refractivity contribution in [3.05, 3.63) is 71.7 Å². The second-order valence-corrected chi connectivity index (χ2v) is 6.81. The summed E-state index contributed by atoms with van der Waals surface area (Å²) in [5.41, 5.74) is 1.14. The van der Waals surface area contributed by atoms with Crippen molar-refractivity contribution in [2.75, 3.05) is 31.1 Å². The molecule has 0 saturated carbocycles. The Bertz CT molecular complexity index is 1020. The smallest absolute Gasteiger partial charge is 0.259 e. The predicted molar refractivity (Wildman–Crippen MR) is 104 cm³/mol. The predicted octanol–water partition coefficient (Wildman–Crippen LogP) is 3.09. The molecule has 1 aliphatic heterocycles. The number of benzene rings is 1. The molecule has 1 aliphatic rings. The van der Waals surface area contributed by atoms with Gasteiger partial charge in [0.05, 0.1) is 0 Å². The Kier molecular flexibility index (Phi) is 5.16. The minimum atomic E-state index is -0.843. The van der Waals surface area contributed by atoms with Gasteiger partial charge in [0.1, 0.15) is 23.0 Å². The standard InChI is InChI=1S/C21H19F2N5O/c1-14-12-18(26-20(25-14)15-4-3-7-24-13-15)27-8-10-28(11-9-27)21(29)19-16(22)5-2-6-17(19)23/h2-7,12-13H,8-11H2,1H3. The van der Waals surface area contributed by atoms with E-state index in [1.165, 1.54) is 11.0 Å². The van der Waals surface area contributed by atoms with E-state index in [1.807, 2.05) is 30.0 Å². The third-order valence-corrected chi connectivity index (χ3v) is 4.83. The van der Waals surface area contributed by atoms with E-state index in [-0.39, 0.29) is 0 Å². The fourth-order valence-electron chi connectivity index (χ4n) is 3.34. The largest absolute Gasteiger partial charge is 0.353 e. The lowest BCUT2D eigenvalue weighted by Gasteiger charge is -2.35. The minimum Gasteiger partial charge on any atom is -0.353 e. The van der Waals surface area contributed by atoms with Crippen LogP contribution in [0.1, 0.15) is 16.1 Å². The summed E-state index contributed by atoms with van der Waals surface area (Å²) in [5, 5.41) is 0. The number of aryl methyl sites for hydroxylation is 1. The molecule has 0 spiro atoms. The van der Waals surface area contributed by atoms with E-state index in [1.54, 1.807) is 12.4 Å². The van der Waals surface area contributed by atoms with Crippen LogP contribution in [0.4, 0.5) is 14.6 Å². The number of amides is 1. The fourth-order valence-corrected chi connectivity index (χ4v) is 3.34. The molecule has 2 aromatic heterocycles. The van der Waals surface area contributed by atoms with Gasteiger partial charge in [0, 0.05) is 55.9 Å². The van der Waals surface area contributed by atoms with Crippen LogP contribution >= 0.6 is 0 Å². The lowest BCUT2D eigenvalue weighted by molar-refractivity contribution is 0.0736. The monoisotopic (exact) mass is 395 g/mol. The van der Waals surface area contributed by atoms with Crippen LogP contribution in [0.5, 0.6) is 0 Å². The second kappa shape index (κ2) is 7.90. The summed E-state index contributed by atoms with van der Waals surface area (Å²) < 4.78 is 27.9. The zero-order chi connectivity index (χ0) is 20.4. The minimum absolute atomic E-state index is 0.345. The van der Waals surface area contributed by atoms with Crippen molar-refractivity contribution in [2.24, 2.45) is 0 Å². The van der Waals surface area contributed by atoms with E-state index >= 15 is 0 Å². The number of pyridine rings is 1. The van der Waals surface area contributed by atoms with Gasteiger partial charge < -0.3 is 9.80 Å². The van der Waals surface area contributed by atoms with Gasteiger partial charge in [-0.25, -0.2) is 18.7 Å². The van der Waals surface area contributed by atoms with Crippen molar-refractivity contribution in [3.8, 4) is 11.4 Å². The van der Waals surface area contributed by atoms with Crippen molar-refractivity contribution in [1.29, 1.82) is 0 Å². The molecule has 0 atom stereocenters. The Labute approximate surface area is 166 Å². The van der Waals surface area contributed by atoms with E-state index < -0.39 is 23.1 Å². The molecule has 1 aromatic carbocycles. The molecule has 0 N–H and O–H groups in total. The van der Waals surface area contributed by atoms with Gasteiger partial charge in [-0.05, 0) is 31.2 Å². The molecule has 6 nitrogen and oxygen atoms in total. The lowest BCUT2D eigenvalue weighted by atomic mass is 10.1. The first-order valence-electron chi connectivity index (χ1n) is 9.27. The maximum Gasteiger partial charge on any atom is 0.259 e. The van der Waals surface area contributed by atoms with Crippen LogP contribution < -0.4 is 4.90 Å². The molecule has 4 rings (SSSR count). The number of nitrogens with zero attached hydrogens (tertiary/aromatic N) is 5. The van der Waals surface area contributed by atoms with Gasteiger partial charge in [-0.15, -0.1) is 0 Å². The SMILES string of the molecule is Cc1cc(N2CCN(C(=O)c3c(F)cccc3F)CC2)nc(-c2cccnc2)n1. The van der Waals surface area contributed by atoms with Crippen LogP contribution in [0.2, 0.25) is 0 Å². The lowest BCUT2D eigenvalue weighted by Crippen LogP contribution is -2.49. The molecular weight excluding hydrogens is 376 g/mol. The van der Waals surface area contributed by atoms with Crippen molar-refractivity contribution in [2.45, 2.75) is 6.92 Å². The van der Waals surface area contributed by atoms with Gasteiger partial charge in [-0.3, -0.25) is 9.78 Å². The van der Waals surface area contributed by atoms with Crippen LogP contribution in [-0.4, -0.2) is 51.9 Å². The van der Waals surface area contributed by atoms with Gasteiger partial charge in [-0.2, -0.15) is 0 Å². The molecule has 29 heavy (non-hydrogen) atoms. The molecule has 0 aliphatic carbocycles. The maximum absolute atomic E-state index is 13.9. The average Bonchev–Trinajstić information content (AvgIpc) is 2.74. The molecule has 0 unspecified atom stereocenters. The first-order chi connectivity index (χ1) is 14.0. The van der Waals surface area contributed by atoms with E-state index in [2.05, 4.69) is 15.0 Å². The quantitative estimate of drug-likeness (QED) is 0.682. The first kappa shape index (κ1) is 18.9. The van der Waals surface area contributed by atoms with Crippen LogP contribution in [0.25, 0.3) is 11.4 Å². The highest BCUT2D eigenvalue weighted by Crippen LogP contribution is 2.22. The number of anilines is 1. The maximum atomic E-state index is 13.9. The molecule has 148 valence electrons. The zero-order valence-electron chi connectivity index (χ0n) is 15.8. The molecule has 3 aromatic rings. The van der Waals surface area contributed by atoms with Crippen LogP contribution in [0, 0.1) is 18.6 Å². The molecule has 0 bridgehead atoms. The normalized spacial score (nSPS) is 14.2. The zero-order valence-corrected chi connectivity index (χ0v) is 15.8. The fraction of sp³-hybridized carbons (Fsp3) is 0.238. The highest BCUT2D eigenvalue weighted by Gasteiger charge is 2.27. The number of halogens is 2. The Morgan fingerprint density at radius 2 is 1.72 bits per heavy atom. The number of carbonyl (C=O) groups is 1. The third kappa shape index (κ3) is 3.91. The Morgan fingerprint density at radius 3 is 2.38 bits per heavy atom. The van der Waals surface area contributed by atoms with E-state index in [9.17, 15) is 13.6 Å². The van der Waals surface area contributed by atoms with E-state index in [0.717, 1.165) is 29.2 Å². The molecule has 1 fully saturated rings. The van der Waals surface area contributed by atoms with Gasteiger partial charge >= 0.3 is 0 Å². The Balaban J connectivity index is 1.50. The number of carbonyl (C=O) groups excluding carboxylic acids is 1. The average molecular weight is 395 g/mol. The summed E-state index contributed by atoms with van der Waals surface area (Å²) in [6, 6.07) is 9.04. The molecule has 8 heteroatoms. The van der Waals surface area contributed by atoms with Crippen molar-refractivity contribution in [1.82, 2.24) is 19.9 Å². The van der Waals surface area contributed by atoms with Crippen LogP contribution in [-0.2, 0) is 0 Å². The summed E-state index contributed by atoms with van der Waals surface area (Å²) in [6.45, 7) is 3.59. The highest BCUT2D eigenvalue weighted by atomic mass is 19.1. The summed E-state index contributed by atoms with van der Waals surface area (Å²) >= 11 is 0. The van der Waals surface area contributed by atoms with E-state index in [0.29, 0.717) is 32.0 Å². The highest BCUT2D eigenvalue weighted by molar-refractivity contribution is 5.95. The summed E-state index contributed by atoms with van der Waals surface area (Å²) in [5.74, 6) is -0.981. The number of hydrogen-bond donors (Lipinski definition) is 0. The summed E-state index contributed by atoms with van der Waals surface area (Å²) in [7, 11) is 0. The summed E-state index contributed by atoms with van der Waals surface area (Å²) in [4.78, 5) is 29.3. The van der Waals surface area contributed by atoms with E-state index in [4.69, 9.17) is 0 Å². The third-order valence-electron chi connectivity index (χ3n) is 4.83. The number of hydrogen-bond acceptors (Lipinski definition) is 5. The number of piperazine rings is 1. The van der Waals surface area contributed by atoms with Gasteiger partial charge in [0.25, 0.3) is 5.91 Å². The Morgan fingerprint density at radius 1 is 1.00 bits per heavy atom. The second-order valence-electron chi connectivity index (χ2n) is 6.81. The number of aromatic nitrogens is 3. The van der Waals surface area contributed by atoms with Crippen LogP contribution in [0.3, 0.4) is 0 Å². The molecule has 1 amide bonds. The van der Waals surface area contributed by atoms with Gasteiger partial charge in [-0.1, -0.05) is 6.07 Å². The molecular formula is C21H19F2N5O. The Hall–Kier alpha value is -3.42. The van der Waals surface area contributed by atoms with Crippen molar-refractivity contribution in [3.63, 3.8) is 0 Å². The van der Waals surface area contributed by atoms with Crippen LogP contribution in [0.15, 0.2) is 48.8 Å². The van der Waals surface area contributed by atoms with Crippen molar-refractivity contribution >= 4 is 11.7 Å². The summed E-state index contributed by atoms with van der Waals surface area (Å²) in [6.07, 6.45) is 3.40.